The van der Waals surface area contributed by atoms with E-state index < -0.39 is 10.0 Å². The van der Waals surface area contributed by atoms with E-state index in [9.17, 15) is 8.42 Å². The normalized spacial score (nSPS) is 25.5. The number of hydrogen-bond donors (Lipinski definition) is 1. The van der Waals surface area contributed by atoms with Gasteiger partial charge in [-0.2, -0.15) is 4.31 Å². The van der Waals surface area contributed by atoms with Gasteiger partial charge in [0, 0.05) is 43.6 Å². The van der Waals surface area contributed by atoms with E-state index in [1.54, 1.807) is 16.7 Å². The van der Waals surface area contributed by atoms with Gasteiger partial charge in [-0.3, -0.25) is 4.98 Å². The molecule has 3 atom stereocenters. The maximum absolute atomic E-state index is 13.4. The number of anilines is 1. The third-order valence-corrected chi connectivity index (χ3v) is 8.49. The SMILES string of the molecule is Cc1nc2c(c(NC[C@@H]3CCCO3)n1)[C@@H]1CC[C@@H](C2)N1S(=O)(=O)CCc1ccncc1. The Bertz CT molecular complexity index is 1040. The summed E-state index contributed by atoms with van der Waals surface area (Å²) in [6, 6.07) is 3.54. The molecule has 31 heavy (non-hydrogen) atoms. The Morgan fingerprint density at radius 3 is 2.81 bits per heavy atom. The molecule has 3 aliphatic heterocycles. The molecule has 1 N–H and O–H groups in total. The molecule has 0 spiro atoms. The van der Waals surface area contributed by atoms with Crippen LogP contribution in [0.25, 0.3) is 0 Å². The first kappa shape index (κ1) is 20.8. The minimum Gasteiger partial charge on any atom is -0.376 e. The van der Waals surface area contributed by atoms with E-state index in [4.69, 9.17) is 9.72 Å². The van der Waals surface area contributed by atoms with Gasteiger partial charge in [-0.1, -0.05) is 0 Å². The van der Waals surface area contributed by atoms with Gasteiger partial charge < -0.3 is 10.1 Å². The second-order valence-electron chi connectivity index (χ2n) is 8.70. The fourth-order valence-corrected chi connectivity index (χ4v) is 7.10. The highest BCUT2D eigenvalue weighted by Gasteiger charge is 2.48. The average Bonchev–Trinajstić information content (AvgIpc) is 3.39. The van der Waals surface area contributed by atoms with Crippen molar-refractivity contribution in [3.63, 3.8) is 0 Å². The number of hydrogen-bond acceptors (Lipinski definition) is 7. The van der Waals surface area contributed by atoms with E-state index >= 15 is 0 Å². The maximum atomic E-state index is 13.4. The highest BCUT2D eigenvalue weighted by atomic mass is 32.2. The summed E-state index contributed by atoms with van der Waals surface area (Å²) in [7, 11) is -3.41. The largest absolute Gasteiger partial charge is 0.376 e. The van der Waals surface area contributed by atoms with Gasteiger partial charge in [0.25, 0.3) is 0 Å². The third-order valence-electron chi connectivity index (χ3n) is 6.58. The number of rotatable bonds is 7. The van der Waals surface area contributed by atoms with Crippen LogP contribution in [0.3, 0.4) is 0 Å². The zero-order valence-electron chi connectivity index (χ0n) is 17.8. The van der Waals surface area contributed by atoms with E-state index in [0.717, 1.165) is 60.8 Å². The zero-order valence-corrected chi connectivity index (χ0v) is 18.6. The lowest BCUT2D eigenvalue weighted by Gasteiger charge is -2.35. The minimum absolute atomic E-state index is 0.0137. The molecule has 0 amide bonds. The number of ether oxygens (including phenoxy) is 1. The van der Waals surface area contributed by atoms with Crippen molar-refractivity contribution >= 4 is 15.8 Å². The van der Waals surface area contributed by atoms with E-state index in [0.29, 0.717) is 19.4 Å². The number of nitrogens with zero attached hydrogens (tertiary/aromatic N) is 4. The van der Waals surface area contributed by atoms with Crippen LogP contribution in [0, 0.1) is 6.92 Å². The van der Waals surface area contributed by atoms with E-state index in [1.807, 2.05) is 19.1 Å². The van der Waals surface area contributed by atoms with Crippen LogP contribution in [-0.4, -0.2) is 58.7 Å². The number of aromatic nitrogens is 3. The van der Waals surface area contributed by atoms with Gasteiger partial charge in [0.1, 0.15) is 11.6 Å². The van der Waals surface area contributed by atoms with Gasteiger partial charge >= 0.3 is 0 Å². The number of fused-ring (bicyclic) bond motifs is 4. The topological polar surface area (TPSA) is 97.3 Å². The van der Waals surface area contributed by atoms with Gasteiger partial charge in [-0.15, -0.1) is 0 Å². The molecule has 2 fully saturated rings. The summed E-state index contributed by atoms with van der Waals surface area (Å²) in [5.74, 6) is 1.60. The molecule has 2 aromatic rings. The van der Waals surface area contributed by atoms with Gasteiger partial charge in [-0.05, 0) is 56.7 Å². The lowest BCUT2D eigenvalue weighted by molar-refractivity contribution is 0.120. The predicted molar refractivity (Wildman–Crippen MR) is 117 cm³/mol. The van der Waals surface area contributed by atoms with Crippen LogP contribution in [0.1, 0.15) is 54.4 Å². The van der Waals surface area contributed by atoms with Crippen molar-refractivity contribution < 1.29 is 13.2 Å². The molecular formula is C22H29N5O3S. The molecule has 0 saturated carbocycles. The summed E-state index contributed by atoms with van der Waals surface area (Å²) in [6.45, 7) is 3.40. The minimum atomic E-state index is -3.41. The van der Waals surface area contributed by atoms with E-state index in [2.05, 4.69) is 15.3 Å². The molecule has 0 unspecified atom stereocenters. The highest BCUT2D eigenvalue weighted by molar-refractivity contribution is 7.89. The summed E-state index contributed by atoms with van der Waals surface area (Å²) in [5, 5.41) is 3.46. The van der Waals surface area contributed by atoms with E-state index in [1.165, 1.54) is 0 Å². The monoisotopic (exact) mass is 443 g/mol. The van der Waals surface area contributed by atoms with Gasteiger partial charge in [0.05, 0.1) is 23.6 Å². The van der Waals surface area contributed by atoms with Crippen molar-refractivity contribution in [1.29, 1.82) is 0 Å². The van der Waals surface area contributed by atoms with Gasteiger partial charge in [-0.25, -0.2) is 18.4 Å². The summed E-state index contributed by atoms with van der Waals surface area (Å²) in [5.41, 5.74) is 2.95. The molecule has 0 radical (unpaired) electrons. The molecule has 8 nitrogen and oxygen atoms in total. The molecular weight excluding hydrogens is 414 g/mol. The van der Waals surface area contributed by atoms with Gasteiger partial charge in [0.15, 0.2) is 0 Å². The van der Waals surface area contributed by atoms with Crippen molar-refractivity contribution in [3.8, 4) is 0 Å². The lowest BCUT2D eigenvalue weighted by atomic mass is 10.00. The Morgan fingerprint density at radius 1 is 1.19 bits per heavy atom. The van der Waals surface area contributed by atoms with Crippen molar-refractivity contribution in [2.45, 2.75) is 63.6 Å². The highest BCUT2D eigenvalue weighted by Crippen LogP contribution is 2.47. The molecule has 166 valence electrons. The van der Waals surface area contributed by atoms with Crippen molar-refractivity contribution in [1.82, 2.24) is 19.3 Å². The molecule has 9 heteroatoms. The molecule has 5 rings (SSSR count). The van der Waals surface area contributed by atoms with Gasteiger partial charge in [0.2, 0.25) is 10.0 Å². The van der Waals surface area contributed by atoms with Crippen molar-refractivity contribution in [2.24, 2.45) is 0 Å². The first-order valence-electron chi connectivity index (χ1n) is 11.1. The molecule has 3 aliphatic rings. The summed E-state index contributed by atoms with van der Waals surface area (Å²) in [6.07, 6.45) is 8.53. The first-order valence-corrected chi connectivity index (χ1v) is 12.7. The quantitative estimate of drug-likeness (QED) is 0.702. The van der Waals surface area contributed by atoms with Crippen LogP contribution in [0.5, 0.6) is 0 Å². The van der Waals surface area contributed by atoms with Crippen LogP contribution in [0.15, 0.2) is 24.5 Å². The lowest BCUT2D eigenvalue weighted by Crippen LogP contribution is -2.44. The zero-order chi connectivity index (χ0) is 21.4. The Balaban J connectivity index is 1.40. The van der Waals surface area contributed by atoms with Crippen LogP contribution >= 0.6 is 0 Å². The molecule has 5 heterocycles. The Hall–Kier alpha value is -2.10. The Labute approximate surface area is 183 Å². The number of aryl methyl sites for hydroxylation is 2. The fraction of sp³-hybridized carbons (Fsp3) is 0.591. The number of pyridine rings is 1. The van der Waals surface area contributed by atoms with E-state index in [-0.39, 0.29) is 23.9 Å². The predicted octanol–water partition coefficient (Wildman–Crippen LogP) is 2.41. The third kappa shape index (κ3) is 4.18. The van der Waals surface area contributed by atoms with Crippen LogP contribution in [0.4, 0.5) is 5.82 Å². The molecule has 2 saturated heterocycles. The Morgan fingerprint density at radius 2 is 2.03 bits per heavy atom. The molecule has 0 aromatic carbocycles. The Kier molecular flexibility index (Phi) is 5.66. The summed E-state index contributed by atoms with van der Waals surface area (Å²) >= 11 is 0. The molecule has 2 bridgehead atoms. The average molecular weight is 444 g/mol. The smallest absolute Gasteiger partial charge is 0.215 e. The fourth-order valence-electron chi connectivity index (χ4n) is 5.16. The van der Waals surface area contributed by atoms with Crippen molar-refractivity contribution in [3.05, 3.63) is 47.2 Å². The number of sulfonamides is 1. The van der Waals surface area contributed by atoms with Crippen LogP contribution in [0.2, 0.25) is 0 Å². The van der Waals surface area contributed by atoms with Crippen molar-refractivity contribution in [2.75, 3.05) is 24.2 Å². The number of nitrogens with one attached hydrogen (secondary N) is 1. The second-order valence-corrected chi connectivity index (χ2v) is 10.7. The first-order chi connectivity index (χ1) is 15.0. The maximum Gasteiger partial charge on any atom is 0.215 e. The summed E-state index contributed by atoms with van der Waals surface area (Å²) in [4.78, 5) is 13.4. The van der Waals surface area contributed by atoms with Crippen LogP contribution < -0.4 is 5.32 Å². The van der Waals surface area contributed by atoms with Crippen LogP contribution in [-0.2, 0) is 27.6 Å². The molecule has 2 aromatic heterocycles. The second kappa shape index (κ2) is 8.44. The summed E-state index contributed by atoms with van der Waals surface area (Å²) < 4.78 is 34.3. The molecule has 0 aliphatic carbocycles. The standard InChI is InChI=1S/C22H29N5O3S/c1-15-25-19-13-17-4-5-20(21(19)22(26-15)24-14-18-3-2-11-30-18)27(17)31(28,29)12-8-16-6-9-23-10-7-16/h6-7,9-10,17-18,20H,2-5,8,11-14H2,1H3,(H,24,25,26)/t17-,18-,20-/m0/s1.